The highest BCUT2D eigenvalue weighted by atomic mass is 16.5. The number of anilines is 1. The first-order chi connectivity index (χ1) is 13.4. The Hall–Kier alpha value is -2.75. The first kappa shape index (κ1) is 17.7. The molecule has 1 unspecified atom stereocenters. The van der Waals surface area contributed by atoms with Gasteiger partial charge in [-0.15, -0.1) is 0 Å². The summed E-state index contributed by atoms with van der Waals surface area (Å²) in [6.45, 7) is 1.04. The predicted octanol–water partition coefficient (Wildman–Crippen LogP) is 5.08. The number of aryl methyl sites for hydroxylation is 1. The monoisotopic (exact) mass is 361 g/mol. The van der Waals surface area contributed by atoms with E-state index >= 15 is 0 Å². The highest BCUT2D eigenvalue weighted by Gasteiger charge is 2.28. The third-order valence-corrected chi connectivity index (χ3v) is 5.48. The van der Waals surface area contributed by atoms with Crippen LogP contribution in [0.3, 0.4) is 0 Å². The molecule has 4 rings (SSSR count). The maximum absolute atomic E-state index is 5.80. The highest BCUT2D eigenvalue weighted by Crippen LogP contribution is 2.39. The zero-order valence-electron chi connectivity index (χ0n) is 15.9. The minimum absolute atomic E-state index is 0.500. The molecule has 0 amide bonds. The molecule has 1 aliphatic rings. The number of rotatable bonds is 6. The van der Waals surface area contributed by atoms with Crippen LogP contribution in [0, 0.1) is 0 Å². The Morgan fingerprint density at radius 1 is 1.04 bits per heavy atom. The van der Waals surface area contributed by atoms with E-state index in [9.17, 15) is 0 Å². The molecule has 1 atom stereocenters. The second kappa shape index (κ2) is 8.30. The first-order valence-corrected chi connectivity index (χ1v) is 9.85. The molecule has 2 aromatic carbocycles. The number of H-pyrrole nitrogens is 1. The Kier molecular flexibility index (Phi) is 5.42. The molecule has 1 aliphatic heterocycles. The average Bonchev–Trinajstić information content (AvgIpc) is 3.18. The molecule has 4 nitrogen and oxygen atoms in total. The number of aromatic nitrogens is 2. The van der Waals surface area contributed by atoms with Gasteiger partial charge in [-0.05, 0) is 37.7 Å². The molecular formula is C23H27N3O. The van der Waals surface area contributed by atoms with E-state index in [1.54, 1.807) is 7.11 Å². The molecule has 0 radical (unpaired) electrons. The summed E-state index contributed by atoms with van der Waals surface area (Å²) < 4.78 is 5.80. The number of nitrogens with zero attached hydrogens (tertiary/aromatic N) is 2. The number of aromatic amines is 1. The van der Waals surface area contributed by atoms with Gasteiger partial charge in [-0.1, -0.05) is 60.7 Å². The van der Waals surface area contributed by atoms with E-state index in [0.29, 0.717) is 6.04 Å². The van der Waals surface area contributed by atoms with Gasteiger partial charge in [0.1, 0.15) is 5.69 Å². The summed E-state index contributed by atoms with van der Waals surface area (Å²) in [5, 5.41) is 7.88. The molecule has 1 saturated heterocycles. The van der Waals surface area contributed by atoms with Crippen LogP contribution in [0.25, 0.3) is 11.3 Å². The molecule has 3 aromatic rings. The molecule has 1 aromatic heterocycles. The average molecular weight is 361 g/mol. The molecule has 27 heavy (non-hydrogen) atoms. The summed E-state index contributed by atoms with van der Waals surface area (Å²) in [5.74, 6) is 1.81. The smallest absolute Gasteiger partial charge is 0.193 e. The van der Waals surface area contributed by atoms with Crippen molar-refractivity contribution in [3.05, 3.63) is 66.2 Å². The third kappa shape index (κ3) is 3.85. The van der Waals surface area contributed by atoms with Crippen LogP contribution in [0.15, 0.2) is 60.7 Å². The van der Waals surface area contributed by atoms with Gasteiger partial charge >= 0.3 is 0 Å². The molecule has 0 saturated carbocycles. The van der Waals surface area contributed by atoms with E-state index in [0.717, 1.165) is 42.2 Å². The molecule has 1 fully saturated rings. The van der Waals surface area contributed by atoms with Crippen molar-refractivity contribution in [1.29, 1.82) is 0 Å². The van der Waals surface area contributed by atoms with E-state index in [-0.39, 0.29) is 0 Å². The molecular weight excluding hydrogens is 334 g/mol. The zero-order valence-corrected chi connectivity index (χ0v) is 15.9. The Morgan fingerprint density at radius 3 is 2.52 bits per heavy atom. The first-order valence-electron chi connectivity index (χ1n) is 9.85. The van der Waals surface area contributed by atoms with Crippen molar-refractivity contribution in [2.45, 2.75) is 38.1 Å². The van der Waals surface area contributed by atoms with Crippen molar-refractivity contribution < 1.29 is 4.74 Å². The van der Waals surface area contributed by atoms with Gasteiger partial charge in [0.05, 0.1) is 7.11 Å². The summed E-state index contributed by atoms with van der Waals surface area (Å²) in [7, 11) is 1.74. The van der Waals surface area contributed by atoms with Gasteiger partial charge in [0, 0.05) is 18.2 Å². The van der Waals surface area contributed by atoms with Crippen LogP contribution >= 0.6 is 0 Å². The predicted molar refractivity (Wildman–Crippen MR) is 110 cm³/mol. The quantitative estimate of drug-likeness (QED) is 0.666. The van der Waals surface area contributed by atoms with Crippen LogP contribution in [0.4, 0.5) is 5.82 Å². The second-order valence-corrected chi connectivity index (χ2v) is 7.19. The maximum atomic E-state index is 5.80. The standard InChI is InChI=1S/C23H27N3O/c1-27-22-21(19-12-6-3-7-13-19)24-25-23(22)26-17-9-8-14-20(26)16-15-18-10-4-2-5-11-18/h2-7,10-13,20H,8-9,14-17H2,1H3,(H,24,25). The van der Waals surface area contributed by atoms with E-state index in [1.807, 2.05) is 18.2 Å². The lowest BCUT2D eigenvalue weighted by Gasteiger charge is -2.36. The molecule has 140 valence electrons. The van der Waals surface area contributed by atoms with Crippen LogP contribution < -0.4 is 9.64 Å². The van der Waals surface area contributed by atoms with Gasteiger partial charge < -0.3 is 9.64 Å². The van der Waals surface area contributed by atoms with Gasteiger partial charge in [0.15, 0.2) is 11.6 Å². The minimum Gasteiger partial charge on any atom is -0.491 e. The molecule has 1 N–H and O–H groups in total. The van der Waals surface area contributed by atoms with Crippen molar-refractivity contribution in [2.75, 3.05) is 18.6 Å². The third-order valence-electron chi connectivity index (χ3n) is 5.48. The van der Waals surface area contributed by atoms with E-state index in [4.69, 9.17) is 4.74 Å². The topological polar surface area (TPSA) is 41.1 Å². The van der Waals surface area contributed by atoms with Gasteiger partial charge in [-0.2, -0.15) is 5.10 Å². The van der Waals surface area contributed by atoms with Crippen LogP contribution in [0.2, 0.25) is 0 Å². The lowest BCUT2D eigenvalue weighted by molar-refractivity contribution is 0.400. The van der Waals surface area contributed by atoms with Gasteiger partial charge in [0.2, 0.25) is 0 Å². The Labute approximate surface area is 161 Å². The Balaban J connectivity index is 1.57. The van der Waals surface area contributed by atoms with Crippen molar-refractivity contribution in [3.8, 4) is 17.0 Å². The summed E-state index contributed by atoms with van der Waals surface area (Å²) in [6, 6.07) is 21.5. The lowest BCUT2D eigenvalue weighted by Crippen LogP contribution is -2.40. The number of ether oxygens (including phenoxy) is 1. The molecule has 0 spiro atoms. The molecule has 2 heterocycles. The fraction of sp³-hybridized carbons (Fsp3) is 0.348. The van der Waals surface area contributed by atoms with E-state index in [1.165, 1.54) is 24.8 Å². The molecule has 0 bridgehead atoms. The number of nitrogens with one attached hydrogen (secondary N) is 1. The maximum Gasteiger partial charge on any atom is 0.193 e. The normalized spacial score (nSPS) is 17.1. The largest absolute Gasteiger partial charge is 0.491 e. The lowest BCUT2D eigenvalue weighted by atomic mass is 9.95. The Bertz CT molecular complexity index is 845. The van der Waals surface area contributed by atoms with Gasteiger partial charge in [-0.3, -0.25) is 5.10 Å². The zero-order chi connectivity index (χ0) is 18.5. The van der Waals surface area contributed by atoms with Crippen LogP contribution in [0.1, 0.15) is 31.2 Å². The van der Waals surface area contributed by atoms with Gasteiger partial charge in [-0.25, -0.2) is 0 Å². The molecule has 4 heteroatoms. The van der Waals surface area contributed by atoms with Gasteiger partial charge in [0.25, 0.3) is 0 Å². The minimum atomic E-state index is 0.500. The second-order valence-electron chi connectivity index (χ2n) is 7.19. The van der Waals surface area contributed by atoms with Crippen molar-refractivity contribution in [2.24, 2.45) is 0 Å². The van der Waals surface area contributed by atoms with E-state index < -0.39 is 0 Å². The van der Waals surface area contributed by atoms with Crippen LogP contribution in [-0.4, -0.2) is 29.9 Å². The fourth-order valence-corrected chi connectivity index (χ4v) is 4.07. The molecule has 0 aliphatic carbocycles. The summed E-state index contributed by atoms with van der Waals surface area (Å²) in [4.78, 5) is 2.45. The number of benzene rings is 2. The van der Waals surface area contributed by atoms with Crippen LogP contribution in [0.5, 0.6) is 5.75 Å². The number of hydrogen-bond acceptors (Lipinski definition) is 3. The van der Waals surface area contributed by atoms with Crippen molar-refractivity contribution >= 4 is 5.82 Å². The van der Waals surface area contributed by atoms with Crippen molar-refractivity contribution in [3.63, 3.8) is 0 Å². The summed E-state index contributed by atoms with van der Waals surface area (Å²) in [5.41, 5.74) is 3.47. The van der Waals surface area contributed by atoms with E-state index in [2.05, 4.69) is 57.6 Å². The fourth-order valence-electron chi connectivity index (χ4n) is 4.07. The number of hydrogen-bond donors (Lipinski definition) is 1. The number of piperidine rings is 1. The Morgan fingerprint density at radius 2 is 1.78 bits per heavy atom. The van der Waals surface area contributed by atoms with Crippen LogP contribution in [-0.2, 0) is 6.42 Å². The summed E-state index contributed by atoms with van der Waals surface area (Å²) >= 11 is 0. The summed E-state index contributed by atoms with van der Waals surface area (Å²) in [6.07, 6.45) is 5.94. The SMILES string of the molecule is COc1c(N2CCCCC2CCc2ccccc2)n[nH]c1-c1ccccc1. The number of methoxy groups -OCH3 is 1. The van der Waals surface area contributed by atoms with Crippen molar-refractivity contribution in [1.82, 2.24) is 10.2 Å². The highest BCUT2D eigenvalue weighted by molar-refractivity contribution is 5.74.